The molecule has 0 atom stereocenters. The zero-order valence-electron chi connectivity index (χ0n) is 19.1. The number of rotatable bonds is 7. The molecule has 0 saturated carbocycles. The molecule has 1 heterocycles. The van der Waals surface area contributed by atoms with E-state index in [4.69, 9.17) is 22.3 Å². The molecule has 0 bridgehead atoms. The highest BCUT2D eigenvalue weighted by Crippen LogP contribution is 2.41. The molecule has 0 saturated heterocycles. The van der Waals surface area contributed by atoms with Gasteiger partial charge < -0.3 is 19.3 Å². The molecule has 3 aromatic rings. The zero-order valence-corrected chi connectivity index (χ0v) is 22.4. The highest BCUT2D eigenvalue weighted by Gasteiger charge is 2.27. The monoisotopic (exact) mass is 574 g/mol. The maximum absolute atomic E-state index is 13.0. The lowest BCUT2D eigenvalue weighted by Crippen LogP contribution is -2.13. The number of fused-ring (bicyclic) bond motifs is 1. The fourth-order valence-electron chi connectivity index (χ4n) is 3.41. The predicted molar refractivity (Wildman–Crippen MR) is 136 cm³/mol. The quantitative estimate of drug-likeness (QED) is 0.212. The number of nitrogens with zero attached hydrogens (tertiary/aromatic N) is 2. The number of aromatic nitrogens is 1. The van der Waals surface area contributed by atoms with Crippen molar-refractivity contribution < 1.29 is 32.2 Å². The molecule has 9 nitrogen and oxygen atoms in total. The Morgan fingerprint density at radius 2 is 1.79 bits per heavy atom. The second-order valence-corrected chi connectivity index (χ2v) is 10.3. The summed E-state index contributed by atoms with van der Waals surface area (Å²) < 4.78 is 39.6. The van der Waals surface area contributed by atoms with Crippen LogP contribution < -0.4 is 0 Å². The van der Waals surface area contributed by atoms with Crippen LogP contribution in [0.1, 0.15) is 28.5 Å². The van der Waals surface area contributed by atoms with Crippen LogP contribution in [0.2, 0.25) is 0 Å². The molecule has 1 aromatic heterocycles. The fraction of sp³-hybridized carbons (Fsp3) is 0.318. The summed E-state index contributed by atoms with van der Waals surface area (Å²) in [6, 6.07) is 12.0. The van der Waals surface area contributed by atoms with E-state index in [-0.39, 0.29) is 11.7 Å². The Balaban J connectivity index is 0.000000739. The molecule has 0 unspecified atom stereocenters. The number of hydrogen-bond acceptors (Lipinski definition) is 7. The van der Waals surface area contributed by atoms with Gasteiger partial charge >= 0.3 is 16.4 Å². The van der Waals surface area contributed by atoms with Crippen LogP contribution in [0.5, 0.6) is 5.75 Å². The first-order chi connectivity index (χ1) is 15.8. The van der Waals surface area contributed by atoms with Crippen LogP contribution in [0.25, 0.3) is 10.9 Å². The predicted octanol–water partition coefficient (Wildman–Crippen LogP) is 4.52. The third-order valence-electron chi connectivity index (χ3n) is 4.71. The first kappa shape index (κ1) is 28.1. The Labute approximate surface area is 211 Å². The number of aromatic hydroxyl groups is 1. The van der Waals surface area contributed by atoms with Gasteiger partial charge in [-0.1, -0.05) is 18.2 Å². The van der Waals surface area contributed by atoms with Gasteiger partial charge in [-0.25, -0.2) is 4.79 Å². The molecule has 0 fully saturated rings. The number of ether oxygens (including phenoxy) is 1. The van der Waals surface area contributed by atoms with E-state index in [1.807, 2.05) is 54.9 Å². The number of phenols is 1. The molecule has 3 N–H and O–H groups in total. The number of aryl methyl sites for hydroxylation is 1. The normalized spacial score (nSPS) is 11.4. The molecule has 0 spiro atoms. The van der Waals surface area contributed by atoms with E-state index in [1.54, 1.807) is 18.7 Å². The lowest BCUT2D eigenvalue weighted by molar-refractivity contribution is 0.0527. The van der Waals surface area contributed by atoms with Crippen LogP contribution >= 0.6 is 27.7 Å². The Kier molecular flexibility index (Phi) is 9.97. The maximum atomic E-state index is 13.0. The van der Waals surface area contributed by atoms with E-state index < -0.39 is 10.4 Å². The number of carbonyl (C=O) groups excluding carboxylic acids is 1. The van der Waals surface area contributed by atoms with Crippen molar-refractivity contribution in [3.8, 4) is 5.75 Å². The summed E-state index contributed by atoms with van der Waals surface area (Å²) >= 11 is 5.13. The minimum atomic E-state index is -4.67. The molecule has 12 heteroatoms. The molecule has 34 heavy (non-hydrogen) atoms. The first-order valence-electron chi connectivity index (χ1n) is 10.1. The minimum absolute atomic E-state index is 0.157. The summed E-state index contributed by atoms with van der Waals surface area (Å²) in [7, 11) is 1.16. The van der Waals surface area contributed by atoms with Gasteiger partial charge in [0.25, 0.3) is 0 Å². The molecule has 2 aromatic carbocycles. The smallest absolute Gasteiger partial charge is 0.394 e. The van der Waals surface area contributed by atoms with Gasteiger partial charge in [0, 0.05) is 40.9 Å². The number of benzene rings is 2. The summed E-state index contributed by atoms with van der Waals surface area (Å²) in [5.74, 6) is 0.413. The minimum Gasteiger partial charge on any atom is -0.506 e. The van der Waals surface area contributed by atoms with E-state index in [0.29, 0.717) is 34.5 Å². The van der Waals surface area contributed by atoms with Crippen molar-refractivity contribution in [1.82, 2.24) is 9.47 Å². The van der Waals surface area contributed by atoms with Gasteiger partial charge in [0.2, 0.25) is 0 Å². The number of esters is 1. The second kappa shape index (κ2) is 12.0. The lowest BCUT2D eigenvalue weighted by atomic mass is 10.0. The zero-order chi connectivity index (χ0) is 25.6. The van der Waals surface area contributed by atoms with Gasteiger partial charge in [0.1, 0.15) is 5.75 Å². The van der Waals surface area contributed by atoms with Crippen molar-refractivity contribution in [1.29, 1.82) is 0 Å². The summed E-state index contributed by atoms with van der Waals surface area (Å²) in [4.78, 5) is 16.1. The van der Waals surface area contributed by atoms with E-state index in [2.05, 4.69) is 28.1 Å². The van der Waals surface area contributed by atoms with Crippen molar-refractivity contribution in [2.45, 2.75) is 24.1 Å². The molecule has 0 radical (unpaired) electrons. The number of hydrogen-bond donors (Lipinski definition) is 3. The number of halogens is 1. The molecular weight excluding hydrogens is 548 g/mol. The van der Waals surface area contributed by atoms with Gasteiger partial charge in [0.05, 0.1) is 22.2 Å². The van der Waals surface area contributed by atoms with Crippen LogP contribution in [0.4, 0.5) is 0 Å². The number of thioether (sulfide) groups is 1. The van der Waals surface area contributed by atoms with E-state index in [0.717, 1.165) is 21.5 Å². The molecule has 0 amide bonds. The largest absolute Gasteiger partial charge is 0.506 e. The Morgan fingerprint density at radius 1 is 1.21 bits per heavy atom. The molecule has 0 aliphatic heterocycles. The van der Waals surface area contributed by atoms with Crippen molar-refractivity contribution in [3.63, 3.8) is 0 Å². The van der Waals surface area contributed by atoms with Crippen LogP contribution in [0.15, 0.2) is 45.8 Å². The number of carbonyl (C=O) groups is 1. The highest BCUT2D eigenvalue weighted by atomic mass is 79.9. The van der Waals surface area contributed by atoms with Crippen molar-refractivity contribution in [2.75, 3.05) is 20.7 Å². The van der Waals surface area contributed by atoms with Crippen molar-refractivity contribution in [3.05, 3.63) is 57.7 Å². The number of phenolic OH excluding ortho intramolecular Hbond substituents is 1. The average molecular weight is 576 g/mol. The summed E-state index contributed by atoms with van der Waals surface area (Å²) in [6.07, 6.45) is 0. The van der Waals surface area contributed by atoms with Crippen LogP contribution in [-0.2, 0) is 34.5 Å². The Morgan fingerprint density at radius 3 is 2.32 bits per heavy atom. The molecule has 186 valence electrons. The summed E-state index contributed by atoms with van der Waals surface area (Å²) in [5, 5.41) is 11.5. The van der Waals surface area contributed by atoms with Crippen LogP contribution in [-0.4, -0.2) is 58.8 Å². The van der Waals surface area contributed by atoms with E-state index in [1.165, 1.54) is 0 Å². The SMILES string of the molecule is CCOC(=O)c1c(CSc2ccccc2)n(C)c2cc(Br)c(O)c(CN(C)C)c12.O=S(=O)(O)O. The first-order valence-corrected chi connectivity index (χ1v) is 13.2. The van der Waals surface area contributed by atoms with E-state index >= 15 is 0 Å². The van der Waals surface area contributed by atoms with Gasteiger partial charge in [-0.15, -0.1) is 11.8 Å². The third kappa shape index (κ3) is 7.45. The standard InChI is InChI=1S/C22H25BrN2O3S.H2O4S/c1-5-28-22(27)20-18(13-29-14-9-7-6-8-10-14)25(4)17-11-16(23)21(26)15(19(17)20)12-24(2)3;1-5(2,3)4/h6-11,26H,5,12-13H2,1-4H3;(H2,1,2,3,4). The fourth-order valence-corrected chi connectivity index (χ4v) is 4.86. The lowest BCUT2D eigenvalue weighted by Gasteiger charge is -2.15. The van der Waals surface area contributed by atoms with Gasteiger partial charge in [0.15, 0.2) is 0 Å². The maximum Gasteiger partial charge on any atom is 0.394 e. The Bertz CT molecular complexity index is 1250. The topological polar surface area (TPSA) is 129 Å². The molecule has 0 aliphatic carbocycles. The molecule has 0 aliphatic rings. The average Bonchev–Trinajstić information content (AvgIpc) is 3.01. The summed E-state index contributed by atoms with van der Waals surface area (Å²) in [6.45, 7) is 2.60. The van der Waals surface area contributed by atoms with Gasteiger partial charge in [-0.05, 0) is 55.1 Å². The Hall–Kier alpha value is -2.09. The van der Waals surface area contributed by atoms with Gasteiger partial charge in [-0.2, -0.15) is 8.42 Å². The highest BCUT2D eigenvalue weighted by molar-refractivity contribution is 9.10. The van der Waals surface area contributed by atoms with Crippen LogP contribution in [0.3, 0.4) is 0 Å². The van der Waals surface area contributed by atoms with Crippen molar-refractivity contribution >= 4 is 55.0 Å². The molecular formula is C22H27BrN2O7S2. The molecule has 3 rings (SSSR count). The summed E-state index contributed by atoms with van der Waals surface area (Å²) in [5.41, 5.74) is 3.02. The van der Waals surface area contributed by atoms with Crippen molar-refractivity contribution in [2.24, 2.45) is 7.05 Å². The van der Waals surface area contributed by atoms with E-state index in [9.17, 15) is 9.90 Å². The third-order valence-corrected chi connectivity index (χ3v) is 6.34. The van der Waals surface area contributed by atoms with Crippen LogP contribution in [0, 0.1) is 0 Å². The second-order valence-electron chi connectivity index (χ2n) is 7.47. The van der Waals surface area contributed by atoms with Gasteiger partial charge in [-0.3, -0.25) is 9.11 Å².